The Morgan fingerprint density at radius 3 is 2.19 bits per heavy atom. The van der Waals surface area contributed by atoms with Gasteiger partial charge < -0.3 is 19.5 Å². The van der Waals surface area contributed by atoms with Crippen LogP contribution in [0.4, 0.5) is 5.69 Å². The van der Waals surface area contributed by atoms with E-state index in [0.29, 0.717) is 45.1 Å². The molecule has 0 saturated heterocycles. The van der Waals surface area contributed by atoms with Gasteiger partial charge in [-0.25, -0.2) is 4.68 Å². The summed E-state index contributed by atoms with van der Waals surface area (Å²) < 4.78 is 18.1. The van der Waals surface area contributed by atoms with Crippen LogP contribution < -0.4 is 24.4 Å². The Balaban J connectivity index is 1.95. The molecule has 42 heavy (non-hydrogen) atoms. The zero-order chi connectivity index (χ0) is 30.6. The van der Waals surface area contributed by atoms with E-state index in [0.717, 1.165) is 0 Å². The van der Waals surface area contributed by atoms with Crippen molar-refractivity contribution in [1.29, 1.82) is 0 Å². The van der Waals surface area contributed by atoms with Crippen LogP contribution in [0.2, 0.25) is 0 Å². The number of Topliss-reactive ketones (excluding diaryl/α,β-unsaturated/α-hetero) is 1. The average molecular weight is 574 g/mol. The fraction of sp³-hybridized carbons (Fsp3) is 0.323. The molecule has 4 aromatic rings. The predicted molar refractivity (Wildman–Crippen MR) is 158 cm³/mol. The van der Waals surface area contributed by atoms with Gasteiger partial charge in [0.15, 0.2) is 17.3 Å². The van der Waals surface area contributed by atoms with Crippen LogP contribution in [-0.2, 0) is 16.1 Å². The maximum atomic E-state index is 14.3. The minimum atomic E-state index is -1.21. The molecular weight excluding hydrogens is 538 g/mol. The molecule has 0 fully saturated rings. The molecule has 0 spiro atoms. The third-order valence-electron chi connectivity index (χ3n) is 6.51. The molecule has 1 aromatic heterocycles. The van der Waals surface area contributed by atoms with Gasteiger partial charge in [-0.1, -0.05) is 29.5 Å². The third kappa shape index (κ3) is 6.35. The summed E-state index contributed by atoms with van der Waals surface area (Å²) in [6.45, 7) is 6.76. The molecule has 3 aromatic carbocycles. The van der Waals surface area contributed by atoms with Crippen LogP contribution in [0.5, 0.6) is 17.2 Å². The molecule has 0 bridgehead atoms. The van der Waals surface area contributed by atoms with Gasteiger partial charge in [-0.05, 0) is 69.7 Å². The van der Waals surface area contributed by atoms with Crippen LogP contribution >= 0.6 is 0 Å². The van der Waals surface area contributed by atoms with E-state index in [9.17, 15) is 14.4 Å². The summed E-state index contributed by atoms with van der Waals surface area (Å²) in [6.07, 6.45) is 0. The van der Waals surface area contributed by atoms with E-state index in [2.05, 4.69) is 15.6 Å². The smallest absolute Gasteiger partial charge is 0.249 e. The maximum absolute atomic E-state index is 14.3. The van der Waals surface area contributed by atoms with Crippen molar-refractivity contribution in [3.8, 4) is 17.2 Å². The second-order valence-electron chi connectivity index (χ2n) is 10.7. The number of rotatable bonds is 10. The summed E-state index contributed by atoms with van der Waals surface area (Å²) in [5.74, 6) is -0.143. The molecule has 1 N–H and O–H groups in total. The first-order valence-electron chi connectivity index (χ1n) is 13.3. The zero-order valence-corrected chi connectivity index (χ0v) is 24.8. The van der Waals surface area contributed by atoms with Gasteiger partial charge in [0.1, 0.15) is 18.1 Å². The van der Waals surface area contributed by atoms with Crippen LogP contribution in [-0.4, -0.2) is 59.5 Å². The van der Waals surface area contributed by atoms with Crippen molar-refractivity contribution in [2.75, 3.05) is 26.2 Å². The second kappa shape index (κ2) is 12.3. The number of carbonyl (C=O) groups is 3. The number of nitrogens with zero attached hydrogens (tertiary/aromatic N) is 4. The van der Waals surface area contributed by atoms with Crippen molar-refractivity contribution in [3.63, 3.8) is 0 Å². The second-order valence-corrected chi connectivity index (χ2v) is 10.7. The van der Waals surface area contributed by atoms with Crippen molar-refractivity contribution in [2.24, 2.45) is 0 Å². The lowest BCUT2D eigenvalue weighted by Crippen LogP contribution is -2.50. The number of ether oxygens (including phenoxy) is 3. The number of carbonyl (C=O) groups excluding carboxylic acids is 3. The van der Waals surface area contributed by atoms with E-state index in [1.807, 2.05) is 39.0 Å². The summed E-state index contributed by atoms with van der Waals surface area (Å²) in [4.78, 5) is 42.2. The normalized spacial score (nSPS) is 12.0. The molecule has 4 rings (SSSR count). The Labute approximate surface area is 244 Å². The highest BCUT2D eigenvalue weighted by molar-refractivity contribution is 6.03. The van der Waals surface area contributed by atoms with Crippen LogP contribution in [0.25, 0.3) is 11.0 Å². The number of ketones is 1. The number of anilines is 1. The number of amides is 2. The lowest BCUT2D eigenvalue weighted by Gasteiger charge is -2.34. The highest BCUT2D eigenvalue weighted by Crippen LogP contribution is 2.42. The Bertz CT molecular complexity index is 1600. The minimum absolute atomic E-state index is 0.185. The largest absolute Gasteiger partial charge is 0.493 e. The third-order valence-corrected chi connectivity index (χ3v) is 6.51. The van der Waals surface area contributed by atoms with Crippen LogP contribution in [0.3, 0.4) is 0 Å². The number of aromatic nitrogens is 3. The van der Waals surface area contributed by atoms with Gasteiger partial charge in [-0.2, -0.15) is 0 Å². The van der Waals surface area contributed by atoms with Crippen LogP contribution in [0.1, 0.15) is 49.7 Å². The molecule has 0 radical (unpaired) electrons. The van der Waals surface area contributed by atoms with Crippen LogP contribution in [0.15, 0.2) is 60.7 Å². The van der Waals surface area contributed by atoms with Crippen LogP contribution in [0, 0.1) is 0 Å². The molecule has 0 aliphatic heterocycles. The summed E-state index contributed by atoms with van der Waals surface area (Å²) in [6, 6.07) is 15.9. The fourth-order valence-electron chi connectivity index (χ4n) is 4.67. The summed E-state index contributed by atoms with van der Waals surface area (Å²) >= 11 is 0. The molecular formula is C31H35N5O6. The van der Waals surface area contributed by atoms with Gasteiger partial charge in [0, 0.05) is 16.8 Å². The number of para-hydroxylation sites is 1. The van der Waals surface area contributed by atoms with Crippen molar-refractivity contribution in [1.82, 2.24) is 20.3 Å². The quantitative estimate of drug-likeness (QED) is 0.278. The first-order valence-corrected chi connectivity index (χ1v) is 13.3. The Hall–Kier alpha value is -4.93. The van der Waals surface area contributed by atoms with Gasteiger partial charge in [0.25, 0.3) is 0 Å². The number of hydrogen-bond donors (Lipinski definition) is 1. The number of hydrogen-bond acceptors (Lipinski definition) is 8. The molecule has 0 aliphatic carbocycles. The Morgan fingerprint density at radius 2 is 1.60 bits per heavy atom. The molecule has 1 heterocycles. The molecule has 0 saturated carbocycles. The minimum Gasteiger partial charge on any atom is -0.493 e. The van der Waals surface area contributed by atoms with E-state index in [4.69, 9.17) is 14.2 Å². The molecule has 1 unspecified atom stereocenters. The number of benzene rings is 3. The van der Waals surface area contributed by atoms with E-state index >= 15 is 0 Å². The Kier molecular flexibility index (Phi) is 8.79. The van der Waals surface area contributed by atoms with Gasteiger partial charge in [0.05, 0.1) is 26.8 Å². The van der Waals surface area contributed by atoms with Crippen molar-refractivity contribution in [3.05, 3.63) is 71.8 Å². The average Bonchev–Trinajstić information content (AvgIpc) is 3.36. The van der Waals surface area contributed by atoms with Gasteiger partial charge in [0.2, 0.25) is 17.6 Å². The molecule has 11 heteroatoms. The number of nitrogens with one attached hydrogen (secondary N) is 1. The van der Waals surface area contributed by atoms with Gasteiger partial charge >= 0.3 is 0 Å². The Morgan fingerprint density at radius 1 is 0.929 bits per heavy atom. The van der Waals surface area contributed by atoms with Crippen molar-refractivity contribution in [2.45, 2.75) is 45.8 Å². The van der Waals surface area contributed by atoms with E-state index < -0.39 is 23.4 Å². The number of methoxy groups -OCH3 is 3. The van der Waals surface area contributed by atoms with E-state index in [1.165, 1.54) is 37.8 Å². The summed E-state index contributed by atoms with van der Waals surface area (Å²) in [5.41, 5.74) is 1.79. The number of fused-ring (bicyclic) bond motifs is 1. The highest BCUT2D eigenvalue weighted by atomic mass is 16.5. The summed E-state index contributed by atoms with van der Waals surface area (Å²) in [5, 5.41) is 11.3. The molecule has 2 amide bonds. The van der Waals surface area contributed by atoms with E-state index in [-0.39, 0.29) is 12.3 Å². The SMILES string of the molecule is COc1cc(C(C(=O)NC(C)(C)C)N(C(=O)Cn2nnc3ccccc32)c2cccc(C(C)=O)c2)cc(OC)c1OC. The highest BCUT2D eigenvalue weighted by Gasteiger charge is 2.36. The monoisotopic (exact) mass is 573 g/mol. The lowest BCUT2D eigenvalue weighted by molar-refractivity contribution is -0.128. The maximum Gasteiger partial charge on any atom is 0.249 e. The predicted octanol–water partition coefficient (Wildman–Crippen LogP) is 4.35. The van der Waals surface area contributed by atoms with E-state index in [1.54, 1.807) is 42.5 Å². The lowest BCUT2D eigenvalue weighted by atomic mass is 9.99. The summed E-state index contributed by atoms with van der Waals surface area (Å²) in [7, 11) is 4.43. The zero-order valence-electron chi connectivity index (χ0n) is 24.8. The van der Waals surface area contributed by atoms with Crippen molar-refractivity contribution < 1.29 is 28.6 Å². The molecule has 220 valence electrons. The van der Waals surface area contributed by atoms with Gasteiger partial charge in [-0.3, -0.25) is 19.3 Å². The molecule has 0 aliphatic rings. The molecule has 1 atom stereocenters. The first-order chi connectivity index (χ1) is 20.0. The van der Waals surface area contributed by atoms with Crippen molar-refractivity contribution >= 4 is 34.3 Å². The topological polar surface area (TPSA) is 125 Å². The van der Waals surface area contributed by atoms with Gasteiger partial charge in [-0.15, -0.1) is 5.10 Å². The first kappa shape index (κ1) is 30.0. The molecule has 11 nitrogen and oxygen atoms in total. The fourth-order valence-corrected chi connectivity index (χ4v) is 4.67. The standard InChI is InChI=1S/C31H35N5O6/c1-19(37)20-11-10-12-22(15-20)36(27(38)18-35-24-14-9-8-13-23(24)33-34-35)28(30(39)32-31(2,3)4)21-16-25(40-5)29(42-7)26(17-21)41-6/h8-17,28H,18H2,1-7H3,(H,32,39).